The van der Waals surface area contributed by atoms with Gasteiger partial charge >= 0.3 is 17.2 Å². The zero-order chi connectivity index (χ0) is 20.5. The molecule has 13 heteroatoms. The third-order valence-electron chi connectivity index (χ3n) is 3.81. The third kappa shape index (κ3) is 4.78. The van der Waals surface area contributed by atoms with Crippen molar-refractivity contribution < 1.29 is 36.0 Å². The van der Waals surface area contributed by atoms with Gasteiger partial charge in [-0.25, -0.2) is 8.42 Å². The summed E-state index contributed by atoms with van der Waals surface area (Å²) in [5, 5.41) is 10.4. The van der Waals surface area contributed by atoms with Gasteiger partial charge in [-0.15, -0.1) is 0 Å². The number of hydrogen-bond donors (Lipinski definition) is 0. The number of nitrogens with zero attached hydrogens (tertiary/aromatic N) is 3. The Labute approximate surface area is 156 Å². The van der Waals surface area contributed by atoms with E-state index in [9.17, 15) is 31.7 Å². The summed E-state index contributed by atoms with van der Waals surface area (Å²) in [4.78, 5) is 13.5. The van der Waals surface area contributed by atoms with Crippen LogP contribution < -0.4 is 4.74 Å². The molecule has 1 atom stereocenters. The lowest BCUT2D eigenvalue weighted by Gasteiger charge is -2.22. The molecule has 2 aromatic rings. The van der Waals surface area contributed by atoms with Gasteiger partial charge in [-0.3, -0.25) is 4.57 Å². The fourth-order valence-electron chi connectivity index (χ4n) is 2.61. The van der Waals surface area contributed by atoms with E-state index in [0.717, 1.165) is 10.8 Å². The minimum absolute atomic E-state index is 0.00581. The Morgan fingerprint density at radius 2 is 1.96 bits per heavy atom. The largest absolute Gasteiger partial charge is 0.484 e. The van der Waals surface area contributed by atoms with Crippen molar-refractivity contribution in [2.75, 3.05) is 12.4 Å². The Kier molecular flexibility index (Phi) is 5.30. The van der Waals surface area contributed by atoms with Crippen LogP contribution in [0.25, 0.3) is 0 Å². The predicted molar refractivity (Wildman–Crippen MR) is 87.5 cm³/mol. The van der Waals surface area contributed by atoms with Crippen LogP contribution in [0.15, 0.2) is 35.6 Å². The molecule has 0 saturated carbocycles. The van der Waals surface area contributed by atoms with Gasteiger partial charge in [0.1, 0.15) is 11.9 Å². The van der Waals surface area contributed by atoms with Crippen LogP contribution in [0.2, 0.25) is 0 Å². The van der Waals surface area contributed by atoms with E-state index < -0.39 is 39.5 Å². The number of aromatic nitrogens is 2. The van der Waals surface area contributed by atoms with Gasteiger partial charge in [0.25, 0.3) is 0 Å². The van der Waals surface area contributed by atoms with Crippen molar-refractivity contribution in [3.8, 4) is 5.75 Å². The van der Waals surface area contributed by atoms with Gasteiger partial charge in [-0.1, -0.05) is 12.1 Å². The first-order valence-electron chi connectivity index (χ1n) is 7.88. The van der Waals surface area contributed by atoms with Gasteiger partial charge in [0.05, 0.1) is 25.0 Å². The number of hydrogen-bond acceptors (Lipinski definition) is 7. The second-order valence-corrected chi connectivity index (χ2v) is 7.98. The lowest BCUT2D eigenvalue weighted by atomic mass is 10.2. The van der Waals surface area contributed by atoms with Gasteiger partial charge in [-0.2, -0.15) is 13.2 Å². The molecule has 1 aromatic carbocycles. The van der Waals surface area contributed by atoms with Crippen LogP contribution in [0.1, 0.15) is 5.56 Å². The van der Waals surface area contributed by atoms with Crippen LogP contribution in [0.3, 0.4) is 0 Å². The molecule has 0 saturated heterocycles. The number of ether oxygens (including phenoxy) is 2. The highest BCUT2D eigenvalue weighted by molar-refractivity contribution is 7.91. The van der Waals surface area contributed by atoms with Gasteiger partial charge in [0.2, 0.25) is 9.84 Å². The zero-order valence-corrected chi connectivity index (χ0v) is 14.9. The molecule has 2 heterocycles. The Morgan fingerprint density at radius 1 is 1.29 bits per heavy atom. The molecule has 28 heavy (non-hydrogen) atoms. The molecule has 152 valence electrons. The van der Waals surface area contributed by atoms with E-state index >= 15 is 0 Å². The molecule has 9 nitrogen and oxygen atoms in total. The van der Waals surface area contributed by atoms with E-state index in [0.29, 0.717) is 5.56 Å². The fraction of sp³-hybridized carbons (Fsp3) is 0.400. The SMILES string of the molecule is O=[N+]([O-])c1cn2c(n1)S(=O)(=O)CC(OCc1ccc(OCC(F)(F)F)cc1)C2. The van der Waals surface area contributed by atoms with E-state index in [-0.39, 0.29) is 29.8 Å². The maximum absolute atomic E-state index is 12.2. The Morgan fingerprint density at radius 3 is 2.57 bits per heavy atom. The number of rotatable bonds is 6. The number of alkyl halides is 3. The fourth-order valence-corrected chi connectivity index (χ4v) is 4.16. The van der Waals surface area contributed by atoms with Crippen LogP contribution in [0.5, 0.6) is 5.75 Å². The van der Waals surface area contributed by atoms with Gasteiger partial charge < -0.3 is 19.6 Å². The second-order valence-electron chi connectivity index (χ2n) is 6.05. The topological polar surface area (TPSA) is 114 Å². The zero-order valence-electron chi connectivity index (χ0n) is 14.1. The first-order valence-corrected chi connectivity index (χ1v) is 9.53. The smallest absolute Gasteiger partial charge is 0.422 e. The first-order chi connectivity index (χ1) is 13.0. The number of benzene rings is 1. The van der Waals surface area contributed by atoms with E-state index in [1.807, 2.05) is 0 Å². The monoisotopic (exact) mass is 421 g/mol. The molecule has 0 amide bonds. The molecular weight excluding hydrogens is 407 g/mol. The summed E-state index contributed by atoms with van der Waals surface area (Å²) in [6, 6.07) is 5.69. The molecule has 1 aliphatic rings. The van der Waals surface area contributed by atoms with Gasteiger partial charge in [0.15, 0.2) is 6.61 Å². The van der Waals surface area contributed by atoms with Crippen molar-refractivity contribution in [2.24, 2.45) is 0 Å². The molecule has 0 aliphatic carbocycles. The van der Waals surface area contributed by atoms with Gasteiger partial charge in [0, 0.05) is 0 Å². The summed E-state index contributed by atoms with van der Waals surface area (Å²) in [5.41, 5.74) is 0.596. The lowest BCUT2D eigenvalue weighted by molar-refractivity contribution is -0.389. The van der Waals surface area contributed by atoms with Crippen molar-refractivity contribution in [1.82, 2.24) is 9.55 Å². The van der Waals surface area contributed by atoms with Crippen LogP contribution in [-0.2, 0) is 27.7 Å². The normalized spacial score (nSPS) is 18.5. The highest BCUT2D eigenvalue weighted by Gasteiger charge is 2.38. The number of sulfone groups is 1. The molecule has 1 aliphatic heterocycles. The van der Waals surface area contributed by atoms with Crippen LogP contribution in [-0.4, -0.2) is 47.5 Å². The molecule has 0 fully saturated rings. The van der Waals surface area contributed by atoms with Crippen LogP contribution >= 0.6 is 0 Å². The van der Waals surface area contributed by atoms with Crippen molar-refractivity contribution in [3.63, 3.8) is 0 Å². The highest BCUT2D eigenvalue weighted by Crippen LogP contribution is 2.24. The Bertz CT molecular complexity index is 972. The molecule has 0 spiro atoms. The van der Waals surface area contributed by atoms with Crippen molar-refractivity contribution >= 4 is 15.7 Å². The maximum atomic E-state index is 12.2. The molecular formula is C15H14F3N3O6S. The second kappa shape index (κ2) is 7.39. The summed E-state index contributed by atoms with van der Waals surface area (Å²) in [7, 11) is -3.84. The lowest BCUT2D eigenvalue weighted by Crippen LogP contribution is -2.35. The van der Waals surface area contributed by atoms with Gasteiger partial charge in [-0.05, 0) is 27.6 Å². The van der Waals surface area contributed by atoms with Crippen molar-refractivity contribution in [1.29, 1.82) is 0 Å². The molecule has 1 aromatic heterocycles. The number of fused-ring (bicyclic) bond motifs is 1. The summed E-state index contributed by atoms with van der Waals surface area (Å²) < 4.78 is 72.2. The molecule has 0 N–H and O–H groups in total. The van der Waals surface area contributed by atoms with Crippen molar-refractivity contribution in [2.45, 2.75) is 30.6 Å². The Balaban J connectivity index is 1.61. The quantitative estimate of drug-likeness (QED) is 0.518. The van der Waals surface area contributed by atoms with Crippen LogP contribution in [0, 0.1) is 10.1 Å². The third-order valence-corrected chi connectivity index (χ3v) is 5.50. The number of nitro groups is 1. The summed E-state index contributed by atoms with van der Waals surface area (Å²) >= 11 is 0. The van der Waals surface area contributed by atoms with E-state index in [1.54, 1.807) is 0 Å². The summed E-state index contributed by atoms with van der Waals surface area (Å²) in [6.45, 7) is -1.32. The standard InChI is InChI=1S/C15H14F3N3O6S/c16-15(17,18)9-27-11-3-1-10(2-4-11)7-26-12-5-20-6-13(21(22)23)19-14(20)28(24,25)8-12/h1-4,6,12H,5,7-9H2. The average Bonchev–Trinajstić information content (AvgIpc) is 3.03. The van der Waals surface area contributed by atoms with E-state index in [1.165, 1.54) is 24.3 Å². The van der Waals surface area contributed by atoms with Crippen LogP contribution in [0.4, 0.5) is 19.0 Å². The molecule has 3 rings (SSSR count). The molecule has 1 unspecified atom stereocenters. The predicted octanol–water partition coefficient (Wildman–Crippen LogP) is 2.11. The van der Waals surface area contributed by atoms with E-state index in [4.69, 9.17) is 4.74 Å². The molecule has 0 bridgehead atoms. The Hall–Kier alpha value is -2.67. The number of halogens is 3. The number of imidazole rings is 1. The highest BCUT2D eigenvalue weighted by atomic mass is 32.2. The molecule has 0 radical (unpaired) electrons. The first kappa shape index (κ1) is 20.1. The van der Waals surface area contributed by atoms with E-state index in [2.05, 4.69) is 9.72 Å². The minimum Gasteiger partial charge on any atom is -0.484 e. The van der Waals surface area contributed by atoms with Crippen molar-refractivity contribution in [3.05, 3.63) is 46.1 Å². The summed E-state index contributed by atoms with van der Waals surface area (Å²) in [5.74, 6) is -0.904. The minimum atomic E-state index is -4.44. The average molecular weight is 421 g/mol. The summed E-state index contributed by atoms with van der Waals surface area (Å²) in [6.07, 6.45) is -4.16. The maximum Gasteiger partial charge on any atom is 0.422 e.